The van der Waals surface area contributed by atoms with Crippen LogP contribution in [0.1, 0.15) is 70.2 Å². The van der Waals surface area contributed by atoms with E-state index in [1.807, 2.05) is 19.1 Å². The van der Waals surface area contributed by atoms with Gasteiger partial charge < -0.3 is 9.47 Å². The zero-order valence-electron chi connectivity index (χ0n) is 19.8. The summed E-state index contributed by atoms with van der Waals surface area (Å²) >= 11 is 0. The molecule has 0 saturated heterocycles. The molecule has 174 valence electrons. The monoisotopic (exact) mass is 458 g/mol. The van der Waals surface area contributed by atoms with Crippen molar-refractivity contribution in [1.29, 1.82) is 0 Å². The second-order valence-electron chi connectivity index (χ2n) is 9.08. The van der Waals surface area contributed by atoms with Gasteiger partial charge in [0.2, 0.25) is 0 Å². The van der Waals surface area contributed by atoms with Gasteiger partial charge in [0.15, 0.2) is 0 Å². The van der Waals surface area contributed by atoms with Crippen LogP contribution in [0.5, 0.6) is 5.75 Å². The highest BCUT2D eigenvalue weighted by Crippen LogP contribution is 2.41. The first-order valence-electron chi connectivity index (χ1n) is 11.3. The molecule has 1 aliphatic carbocycles. The van der Waals surface area contributed by atoms with E-state index < -0.39 is 17.8 Å². The Morgan fingerprint density at radius 2 is 1.71 bits per heavy atom. The molecule has 0 saturated carbocycles. The van der Waals surface area contributed by atoms with Crippen LogP contribution < -0.4 is 4.74 Å². The van der Waals surface area contributed by atoms with E-state index in [1.54, 1.807) is 13.0 Å². The molecule has 5 heteroatoms. The van der Waals surface area contributed by atoms with Crippen LogP contribution in [0.4, 0.5) is 4.39 Å². The first kappa shape index (κ1) is 23.4. The fraction of sp³-hybridized carbons (Fsp3) is 0.241. The van der Waals surface area contributed by atoms with E-state index in [0.29, 0.717) is 5.56 Å². The molecule has 4 rings (SSSR count). The summed E-state index contributed by atoms with van der Waals surface area (Å²) < 4.78 is 24.6. The topological polar surface area (TPSA) is 52.6 Å². The molecule has 3 aromatic carbocycles. The Morgan fingerprint density at radius 1 is 0.971 bits per heavy atom. The minimum absolute atomic E-state index is 0.0166. The SMILES string of the molecule is CCOC(=O)c1ccc(OC(=O)c2ccc3c(c2)C(c2ccc(C)cc2)=CCC3(C)C)cc1F. The number of carbonyl (C=O) groups is 2. The molecule has 0 fully saturated rings. The van der Waals surface area contributed by atoms with E-state index in [4.69, 9.17) is 9.47 Å². The van der Waals surface area contributed by atoms with Crippen LogP contribution in [0.2, 0.25) is 0 Å². The molecule has 3 aromatic rings. The Hall–Kier alpha value is -3.73. The summed E-state index contributed by atoms with van der Waals surface area (Å²) in [6.07, 6.45) is 3.10. The van der Waals surface area contributed by atoms with Crippen molar-refractivity contribution in [2.75, 3.05) is 6.61 Å². The number of carbonyl (C=O) groups excluding carboxylic acids is 2. The van der Waals surface area contributed by atoms with Crippen LogP contribution in [-0.2, 0) is 10.2 Å². The largest absolute Gasteiger partial charge is 0.462 e. The maximum atomic E-state index is 14.4. The number of hydrogen-bond donors (Lipinski definition) is 0. The van der Waals surface area contributed by atoms with E-state index in [9.17, 15) is 14.0 Å². The summed E-state index contributed by atoms with van der Waals surface area (Å²) in [6, 6.07) is 17.5. The molecule has 0 aromatic heterocycles. The summed E-state index contributed by atoms with van der Waals surface area (Å²) in [5.41, 5.74) is 5.58. The lowest BCUT2D eigenvalue weighted by Gasteiger charge is -2.32. The number of esters is 2. The Balaban J connectivity index is 1.64. The van der Waals surface area contributed by atoms with Gasteiger partial charge in [-0.2, -0.15) is 0 Å². The lowest BCUT2D eigenvalue weighted by molar-refractivity contribution is 0.0521. The molecule has 0 bridgehead atoms. The van der Waals surface area contributed by atoms with Crippen LogP contribution in [0.3, 0.4) is 0 Å². The predicted molar refractivity (Wildman–Crippen MR) is 130 cm³/mol. The van der Waals surface area contributed by atoms with Gasteiger partial charge >= 0.3 is 11.9 Å². The van der Waals surface area contributed by atoms with Crippen LogP contribution in [0.25, 0.3) is 5.57 Å². The van der Waals surface area contributed by atoms with Crippen molar-refractivity contribution in [3.8, 4) is 5.75 Å². The smallest absolute Gasteiger partial charge is 0.343 e. The fourth-order valence-corrected chi connectivity index (χ4v) is 4.17. The van der Waals surface area contributed by atoms with Crippen LogP contribution in [-0.4, -0.2) is 18.5 Å². The molecule has 4 nitrogen and oxygen atoms in total. The van der Waals surface area contributed by atoms with Crippen molar-refractivity contribution in [3.63, 3.8) is 0 Å². The molecule has 0 radical (unpaired) electrons. The molecule has 0 spiro atoms. The van der Waals surface area contributed by atoms with Gasteiger partial charge in [-0.1, -0.05) is 55.8 Å². The Labute approximate surface area is 199 Å². The number of allylic oxidation sites excluding steroid dienone is 1. The number of aryl methyl sites for hydroxylation is 1. The molecule has 1 aliphatic rings. The van der Waals surface area contributed by atoms with Gasteiger partial charge in [0.1, 0.15) is 11.6 Å². The number of fused-ring (bicyclic) bond motifs is 1. The number of halogens is 1. The number of benzene rings is 3. The third kappa shape index (κ3) is 4.65. The summed E-state index contributed by atoms with van der Waals surface area (Å²) in [7, 11) is 0. The summed E-state index contributed by atoms with van der Waals surface area (Å²) in [6.45, 7) is 8.20. The van der Waals surface area contributed by atoms with Gasteiger partial charge in [-0.05, 0) is 72.2 Å². The summed E-state index contributed by atoms with van der Waals surface area (Å²) in [5, 5.41) is 0. The van der Waals surface area contributed by atoms with E-state index in [0.717, 1.165) is 34.8 Å². The third-order valence-corrected chi connectivity index (χ3v) is 6.10. The van der Waals surface area contributed by atoms with E-state index in [-0.39, 0.29) is 23.3 Å². The van der Waals surface area contributed by atoms with Gasteiger partial charge in [-0.25, -0.2) is 14.0 Å². The van der Waals surface area contributed by atoms with Gasteiger partial charge in [0.05, 0.1) is 17.7 Å². The van der Waals surface area contributed by atoms with Crippen molar-refractivity contribution >= 4 is 17.5 Å². The lowest BCUT2D eigenvalue weighted by atomic mass is 9.72. The van der Waals surface area contributed by atoms with Crippen LogP contribution in [0, 0.1) is 12.7 Å². The Kier molecular flexibility index (Phi) is 6.38. The maximum Gasteiger partial charge on any atom is 0.343 e. The Bertz CT molecular complexity index is 1290. The standard InChI is InChI=1S/C29H27FO4/c1-5-33-28(32)23-12-11-21(17-26(23)30)34-27(31)20-10-13-25-24(16-20)22(14-15-29(25,3)4)19-8-6-18(2)7-9-19/h6-14,16-17H,5,15H2,1-4H3. The molecular formula is C29H27FO4. The highest BCUT2D eigenvalue weighted by molar-refractivity contribution is 5.94. The highest BCUT2D eigenvalue weighted by Gasteiger charge is 2.29. The minimum atomic E-state index is -0.805. The van der Waals surface area contributed by atoms with Crippen LogP contribution in [0.15, 0.2) is 66.7 Å². The zero-order valence-corrected chi connectivity index (χ0v) is 19.8. The summed E-state index contributed by atoms with van der Waals surface area (Å²) in [4.78, 5) is 24.7. The number of rotatable bonds is 5. The van der Waals surface area contributed by atoms with Crippen molar-refractivity contribution in [2.24, 2.45) is 0 Å². The molecule has 34 heavy (non-hydrogen) atoms. The van der Waals surface area contributed by atoms with Gasteiger partial charge in [0, 0.05) is 6.07 Å². The third-order valence-electron chi connectivity index (χ3n) is 6.10. The van der Waals surface area contributed by atoms with Crippen molar-refractivity contribution in [2.45, 2.75) is 39.5 Å². The number of ether oxygens (including phenoxy) is 2. The van der Waals surface area contributed by atoms with E-state index in [1.165, 1.54) is 17.7 Å². The highest BCUT2D eigenvalue weighted by atomic mass is 19.1. The molecule has 0 unspecified atom stereocenters. The predicted octanol–water partition coefficient (Wildman–Crippen LogP) is 6.64. The molecule has 0 amide bonds. The normalized spacial score (nSPS) is 14.1. The quantitative estimate of drug-likeness (QED) is 0.318. The van der Waals surface area contributed by atoms with Gasteiger partial charge in [0.25, 0.3) is 0 Å². The average Bonchev–Trinajstić information content (AvgIpc) is 2.80. The Morgan fingerprint density at radius 3 is 2.38 bits per heavy atom. The van der Waals surface area contributed by atoms with E-state index >= 15 is 0 Å². The van der Waals surface area contributed by atoms with Gasteiger partial charge in [-0.15, -0.1) is 0 Å². The average molecular weight is 459 g/mol. The van der Waals surface area contributed by atoms with E-state index in [2.05, 4.69) is 44.2 Å². The maximum absolute atomic E-state index is 14.4. The van der Waals surface area contributed by atoms with Gasteiger partial charge in [-0.3, -0.25) is 0 Å². The lowest BCUT2D eigenvalue weighted by Crippen LogP contribution is -2.22. The fourth-order valence-electron chi connectivity index (χ4n) is 4.17. The molecule has 0 aliphatic heterocycles. The summed E-state index contributed by atoms with van der Waals surface area (Å²) in [5.74, 6) is -2.15. The number of hydrogen-bond acceptors (Lipinski definition) is 4. The van der Waals surface area contributed by atoms with Crippen molar-refractivity contribution < 1.29 is 23.5 Å². The second-order valence-corrected chi connectivity index (χ2v) is 9.08. The first-order valence-corrected chi connectivity index (χ1v) is 11.3. The minimum Gasteiger partial charge on any atom is -0.462 e. The molecule has 0 heterocycles. The molecular weight excluding hydrogens is 431 g/mol. The first-order chi connectivity index (χ1) is 16.2. The molecule has 0 N–H and O–H groups in total. The zero-order chi connectivity index (χ0) is 24.5. The van der Waals surface area contributed by atoms with Crippen LogP contribution >= 0.6 is 0 Å². The van der Waals surface area contributed by atoms with Crippen molar-refractivity contribution in [1.82, 2.24) is 0 Å². The van der Waals surface area contributed by atoms with Crippen molar-refractivity contribution in [3.05, 3.63) is 106 Å². The second kappa shape index (κ2) is 9.26. The molecule has 0 atom stereocenters.